The predicted molar refractivity (Wildman–Crippen MR) is 59.6 cm³/mol. The Morgan fingerprint density at radius 1 is 1.38 bits per heavy atom. The van der Waals surface area contributed by atoms with Crippen LogP contribution in [0.4, 0.5) is 0 Å². The topological polar surface area (TPSA) is 59.3 Å². The lowest BCUT2D eigenvalue weighted by atomic mass is 10.2. The van der Waals surface area contributed by atoms with E-state index < -0.39 is 5.97 Å². The number of hydrogen-bond acceptors (Lipinski definition) is 2. The number of benzene rings is 1. The van der Waals surface area contributed by atoms with E-state index in [-0.39, 0.29) is 6.42 Å². The molecule has 4 heteroatoms. The van der Waals surface area contributed by atoms with Crippen LogP contribution < -0.4 is 0 Å². The first kappa shape index (κ1) is 10.4. The van der Waals surface area contributed by atoms with Crippen LogP contribution >= 0.6 is 0 Å². The van der Waals surface area contributed by atoms with E-state index in [1.807, 2.05) is 24.3 Å². The number of carbonyl (C=O) groups excluding carboxylic acids is 1. The van der Waals surface area contributed by atoms with E-state index >= 15 is 0 Å². The van der Waals surface area contributed by atoms with Crippen molar-refractivity contribution in [2.24, 2.45) is 0 Å². The highest BCUT2D eigenvalue weighted by molar-refractivity contribution is 5.89. The second-order valence-electron chi connectivity index (χ2n) is 3.54. The molecule has 4 nitrogen and oxygen atoms in total. The van der Waals surface area contributed by atoms with Crippen LogP contribution in [0.15, 0.2) is 30.3 Å². The summed E-state index contributed by atoms with van der Waals surface area (Å²) < 4.78 is 1.73. The van der Waals surface area contributed by atoms with Crippen LogP contribution in [0.3, 0.4) is 0 Å². The molecule has 1 heterocycles. The first-order chi connectivity index (χ1) is 7.72. The number of aldehydes is 1. The highest BCUT2D eigenvalue weighted by Crippen LogP contribution is 2.18. The summed E-state index contributed by atoms with van der Waals surface area (Å²) in [6, 6.07) is 9.31. The molecule has 1 aromatic heterocycles. The summed E-state index contributed by atoms with van der Waals surface area (Å²) >= 11 is 0. The average molecular weight is 217 g/mol. The van der Waals surface area contributed by atoms with E-state index in [0.717, 1.165) is 17.2 Å². The standard InChI is InChI=1S/C12H11NO3/c14-8-10-7-9-3-1-2-4-11(9)13(10)6-5-12(15)16/h1-4,7-8H,5-6H2,(H,15,16). The summed E-state index contributed by atoms with van der Waals surface area (Å²) in [6.45, 7) is 0.316. The van der Waals surface area contributed by atoms with E-state index in [9.17, 15) is 9.59 Å². The maximum absolute atomic E-state index is 10.9. The average Bonchev–Trinajstić information content (AvgIpc) is 2.64. The minimum absolute atomic E-state index is 0.0134. The van der Waals surface area contributed by atoms with Gasteiger partial charge < -0.3 is 9.67 Å². The summed E-state index contributed by atoms with van der Waals surface area (Å²) in [4.78, 5) is 21.4. The Morgan fingerprint density at radius 3 is 2.81 bits per heavy atom. The van der Waals surface area contributed by atoms with E-state index in [1.54, 1.807) is 10.6 Å². The maximum atomic E-state index is 10.9. The number of aryl methyl sites for hydroxylation is 1. The molecule has 0 bridgehead atoms. The van der Waals surface area contributed by atoms with Crippen LogP contribution in [0.25, 0.3) is 10.9 Å². The van der Waals surface area contributed by atoms with Gasteiger partial charge in [-0.2, -0.15) is 0 Å². The Bertz CT molecular complexity index is 542. The van der Waals surface area contributed by atoms with Gasteiger partial charge in [0.25, 0.3) is 0 Å². The highest BCUT2D eigenvalue weighted by atomic mass is 16.4. The lowest BCUT2D eigenvalue weighted by Gasteiger charge is -2.04. The lowest BCUT2D eigenvalue weighted by molar-refractivity contribution is -0.137. The van der Waals surface area contributed by atoms with Crippen LogP contribution in [-0.4, -0.2) is 21.9 Å². The van der Waals surface area contributed by atoms with Crippen LogP contribution in [0.1, 0.15) is 16.9 Å². The smallest absolute Gasteiger partial charge is 0.305 e. The third-order valence-electron chi connectivity index (χ3n) is 2.51. The van der Waals surface area contributed by atoms with Crippen molar-refractivity contribution < 1.29 is 14.7 Å². The van der Waals surface area contributed by atoms with Gasteiger partial charge in [-0.15, -0.1) is 0 Å². The van der Waals surface area contributed by atoms with E-state index in [1.165, 1.54) is 0 Å². The quantitative estimate of drug-likeness (QED) is 0.796. The molecule has 0 aliphatic rings. The van der Waals surface area contributed by atoms with Crippen LogP contribution in [-0.2, 0) is 11.3 Å². The van der Waals surface area contributed by atoms with Crippen molar-refractivity contribution in [3.8, 4) is 0 Å². The van der Waals surface area contributed by atoms with Crippen molar-refractivity contribution in [2.45, 2.75) is 13.0 Å². The van der Waals surface area contributed by atoms with Crippen molar-refractivity contribution in [2.75, 3.05) is 0 Å². The molecule has 82 valence electrons. The fourth-order valence-electron chi connectivity index (χ4n) is 1.79. The van der Waals surface area contributed by atoms with Crippen molar-refractivity contribution >= 4 is 23.2 Å². The number of hydrogen-bond donors (Lipinski definition) is 1. The highest BCUT2D eigenvalue weighted by Gasteiger charge is 2.08. The zero-order valence-electron chi connectivity index (χ0n) is 8.59. The molecular weight excluding hydrogens is 206 g/mol. The Morgan fingerprint density at radius 2 is 2.12 bits per heavy atom. The molecule has 0 unspecified atom stereocenters. The van der Waals surface area contributed by atoms with Gasteiger partial charge in [0, 0.05) is 17.4 Å². The molecule has 2 rings (SSSR count). The maximum Gasteiger partial charge on any atom is 0.305 e. The molecule has 0 radical (unpaired) electrons. The lowest BCUT2D eigenvalue weighted by Crippen LogP contribution is -2.06. The number of rotatable bonds is 4. The Labute approximate surface area is 92.1 Å². The number of carboxylic acid groups (broad SMARTS) is 1. The number of fused-ring (bicyclic) bond motifs is 1. The van der Waals surface area contributed by atoms with Crippen LogP contribution in [0, 0.1) is 0 Å². The zero-order chi connectivity index (χ0) is 11.5. The molecule has 0 amide bonds. The number of aliphatic carboxylic acids is 1. The molecule has 0 spiro atoms. The Hall–Kier alpha value is -2.10. The summed E-state index contributed by atoms with van der Waals surface area (Å²) in [5, 5.41) is 9.60. The minimum atomic E-state index is -0.866. The summed E-state index contributed by atoms with van der Waals surface area (Å²) in [5.74, 6) is -0.866. The first-order valence-corrected chi connectivity index (χ1v) is 4.97. The normalized spacial score (nSPS) is 10.5. The fourth-order valence-corrected chi connectivity index (χ4v) is 1.79. The third-order valence-corrected chi connectivity index (χ3v) is 2.51. The minimum Gasteiger partial charge on any atom is -0.481 e. The molecule has 1 N–H and O–H groups in total. The summed E-state index contributed by atoms with van der Waals surface area (Å²) in [7, 11) is 0. The Kier molecular flexibility index (Phi) is 2.72. The molecule has 0 aliphatic heterocycles. The van der Waals surface area contributed by atoms with Gasteiger partial charge in [-0.05, 0) is 12.1 Å². The van der Waals surface area contributed by atoms with Crippen LogP contribution in [0.2, 0.25) is 0 Å². The number of aromatic nitrogens is 1. The summed E-state index contributed by atoms with van der Waals surface area (Å²) in [5.41, 5.74) is 1.41. The van der Waals surface area contributed by atoms with Gasteiger partial charge in [0.15, 0.2) is 6.29 Å². The molecule has 1 aromatic carbocycles. The largest absolute Gasteiger partial charge is 0.481 e. The Balaban J connectivity index is 2.47. The second kappa shape index (κ2) is 4.18. The predicted octanol–water partition coefficient (Wildman–Crippen LogP) is 1.93. The van der Waals surface area contributed by atoms with Gasteiger partial charge in [0.1, 0.15) is 0 Å². The zero-order valence-corrected chi connectivity index (χ0v) is 8.59. The van der Waals surface area contributed by atoms with E-state index in [4.69, 9.17) is 5.11 Å². The number of para-hydroxylation sites is 1. The monoisotopic (exact) mass is 217 g/mol. The molecule has 0 saturated carbocycles. The molecule has 0 saturated heterocycles. The van der Waals surface area contributed by atoms with Gasteiger partial charge in [-0.1, -0.05) is 18.2 Å². The number of carbonyl (C=O) groups is 2. The fraction of sp³-hybridized carbons (Fsp3) is 0.167. The molecular formula is C12H11NO3. The van der Waals surface area contributed by atoms with Crippen molar-refractivity contribution in [3.63, 3.8) is 0 Å². The second-order valence-corrected chi connectivity index (χ2v) is 3.54. The molecule has 0 aliphatic carbocycles. The van der Waals surface area contributed by atoms with Gasteiger partial charge in [-0.25, -0.2) is 0 Å². The summed E-state index contributed by atoms with van der Waals surface area (Å²) in [6.07, 6.45) is 0.765. The van der Waals surface area contributed by atoms with Crippen molar-refractivity contribution in [3.05, 3.63) is 36.0 Å². The molecule has 0 fully saturated rings. The molecule has 0 atom stereocenters. The SMILES string of the molecule is O=Cc1cc2ccccc2n1CCC(=O)O. The van der Waals surface area contributed by atoms with Crippen LogP contribution in [0.5, 0.6) is 0 Å². The van der Waals surface area contributed by atoms with Crippen molar-refractivity contribution in [1.29, 1.82) is 0 Å². The van der Waals surface area contributed by atoms with Gasteiger partial charge in [0.05, 0.1) is 12.1 Å². The molecule has 2 aromatic rings. The number of nitrogens with zero attached hydrogens (tertiary/aromatic N) is 1. The first-order valence-electron chi connectivity index (χ1n) is 4.97. The van der Waals surface area contributed by atoms with Gasteiger partial charge >= 0.3 is 5.97 Å². The van der Waals surface area contributed by atoms with E-state index in [2.05, 4.69) is 0 Å². The number of carboxylic acids is 1. The third kappa shape index (κ3) is 1.82. The van der Waals surface area contributed by atoms with Gasteiger partial charge in [0.2, 0.25) is 0 Å². The van der Waals surface area contributed by atoms with Gasteiger partial charge in [-0.3, -0.25) is 9.59 Å². The van der Waals surface area contributed by atoms with Crippen molar-refractivity contribution in [1.82, 2.24) is 4.57 Å². The van der Waals surface area contributed by atoms with E-state index in [0.29, 0.717) is 12.2 Å². The molecule has 16 heavy (non-hydrogen) atoms.